The molecule has 0 bridgehead atoms. The maximum atomic E-state index is 5.39. The molecule has 5 nitrogen and oxygen atoms in total. The number of aromatic nitrogens is 2. The third-order valence-corrected chi connectivity index (χ3v) is 2.59. The fourth-order valence-electron chi connectivity index (χ4n) is 1.11. The van der Waals surface area contributed by atoms with Crippen LogP contribution in [-0.2, 0) is 6.42 Å². The van der Waals surface area contributed by atoms with Gasteiger partial charge in [-0.1, -0.05) is 5.10 Å². The van der Waals surface area contributed by atoms with E-state index < -0.39 is 0 Å². The Morgan fingerprint density at radius 1 is 1.53 bits per heavy atom. The Labute approximate surface area is 94.2 Å². The van der Waals surface area contributed by atoms with E-state index in [4.69, 9.17) is 10.2 Å². The summed E-state index contributed by atoms with van der Waals surface area (Å²) in [5.74, 6) is 1.72. The number of hydrogen-bond acceptors (Lipinski definition) is 6. The third kappa shape index (κ3) is 4.53. The number of nitrogens with two attached hydrogens (primary N) is 1. The highest BCUT2D eigenvalue weighted by atomic mass is 32.2. The van der Waals surface area contributed by atoms with Gasteiger partial charge in [0.25, 0.3) is 0 Å². The highest BCUT2D eigenvalue weighted by Gasteiger charge is 2.08. The lowest BCUT2D eigenvalue weighted by molar-refractivity contribution is 0.500. The SMILES string of the molecule is CSCCC(C)Nc1nnc(CCN)o1. The van der Waals surface area contributed by atoms with Gasteiger partial charge in [-0.25, -0.2) is 0 Å². The smallest absolute Gasteiger partial charge is 0.315 e. The first-order valence-electron chi connectivity index (χ1n) is 5.04. The Balaban J connectivity index is 2.35. The van der Waals surface area contributed by atoms with Crippen molar-refractivity contribution in [3.8, 4) is 0 Å². The lowest BCUT2D eigenvalue weighted by atomic mass is 10.3. The van der Waals surface area contributed by atoms with Crippen LogP contribution < -0.4 is 11.1 Å². The van der Waals surface area contributed by atoms with Crippen LogP contribution in [-0.4, -0.2) is 34.8 Å². The molecule has 86 valence electrons. The van der Waals surface area contributed by atoms with Gasteiger partial charge >= 0.3 is 6.01 Å². The summed E-state index contributed by atoms with van der Waals surface area (Å²) in [5.41, 5.74) is 5.39. The van der Waals surface area contributed by atoms with Crippen molar-refractivity contribution in [3.05, 3.63) is 5.89 Å². The van der Waals surface area contributed by atoms with E-state index in [1.165, 1.54) is 0 Å². The molecule has 1 aromatic heterocycles. The van der Waals surface area contributed by atoms with Gasteiger partial charge in [-0.3, -0.25) is 0 Å². The Morgan fingerprint density at radius 3 is 3.00 bits per heavy atom. The lowest BCUT2D eigenvalue weighted by Gasteiger charge is -2.09. The molecule has 3 N–H and O–H groups in total. The molecule has 1 aromatic rings. The van der Waals surface area contributed by atoms with E-state index in [9.17, 15) is 0 Å². The predicted octanol–water partition coefficient (Wildman–Crippen LogP) is 1.12. The molecule has 1 heterocycles. The summed E-state index contributed by atoms with van der Waals surface area (Å²) in [5, 5.41) is 10.9. The molecule has 0 aliphatic rings. The Kier molecular flexibility index (Phi) is 5.49. The summed E-state index contributed by atoms with van der Waals surface area (Å²) in [6.07, 6.45) is 3.81. The Morgan fingerprint density at radius 2 is 2.33 bits per heavy atom. The summed E-state index contributed by atoms with van der Waals surface area (Å²) in [4.78, 5) is 0. The molecule has 0 radical (unpaired) electrons. The topological polar surface area (TPSA) is 77.0 Å². The zero-order valence-corrected chi connectivity index (χ0v) is 10.0. The third-order valence-electron chi connectivity index (χ3n) is 1.95. The summed E-state index contributed by atoms with van der Waals surface area (Å²) >= 11 is 1.83. The zero-order valence-electron chi connectivity index (χ0n) is 9.19. The second kappa shape index (κ2) is 6.68. The minimum Gasteiger partial charge on any atom is -0.408 e. The van der Waals surface area contributed by atoms with Crippen LogP contribution in [0.25, 0.3) is 0 Å². The second-order valence-electron chi connectivity index (χ2n) is 3.37. The molecule has 0 aromatic carbocycles. The average molecular weight is 230 g/mol. The zero-order chi connectivity index (χ0) is 11.1. The van der Waals surface area contributed by atoms with Crippen LogP contribution in [0.4, 0.5) is 6.01 Å². The van der Waals surface area contributed by atoms with Crippen molar-refractivity contribution in [1.29, 1.82) is 0 Å². The number of nitrogens with one attached hydrogen (secondary N) is 1. The largest absolute Gasteiger partial charge is 0.408 e. The highest BCUT2D eigenvalue weighted by Crippen LogP contribution is 2.09. The van der Waals surface area contributed by atoms with E-state index in [0.29, 0.717) is 30.9 Å². The molecular weight excluding hydrogens is 212 g/mol. The fourth-order valence-corrected chi connectivity index (χ4v) is 1.70. The van der Waals surface area contributed by atoms with Crippen molar-refractivity contribution in [2.24, 2.45) is 5.73 Å². The van der Waals surface area contributed by atoms with Crippen molar-refractivity contribution in [1.82, 2.24) is 10.2 Å². The lowest BCUT2D eigenvalue weighted by Crippen LogP contribution is -2.16. The number of anilines is 1. The van der Waals surface area contributed by atoms with Crippen LogP contribution in [0.5, 0.6) is 0 Å². The standard InChI is InChI=1S/C9H18N4OS/c1-7(4-6-15-2)11-9-13-12-8(14-9)3-5-10/h7H,3-6,10H2,1-2H3,(H,11,13). The van der Waals surface area contributed by atoms with Gasteiger partial charge in [0.1, 0.15) is 0 Å². The van der Waals surface area contributed by atoms with Crippen LogP contribution in [0, 0.1) is 0 Å². The molecule has 0 saturated carbocycles. The molecule has 0 amide bonds. The van der Waals surface area contributed by atoms with Gasteiger partial charge in [-0.2, -0.15) is 11.8 Å². The number of nitrogens with zero attached hydrogens (tertiary/aromatic N) is 2. The predicted molar refractivity (Wildman–Crippen MR) is 63.1 cm³/mol. The van der Waals surface area contributed by atoms with Crippen molar-refractivity contribution in [3.63, 3.8) is 0 Å². The van der Waals surface area contributed by atoms with Crippen LogP contribution in [0.2, 0.25) is 0 Å². The quantitative estimate of drug-likeness (QED) is 0.731. The maximum Gasteiger partial charge on any atom is 0.315 e. The minimum atomic E-state index is 0.351. The van der Waals surface area contributed by atoms with Gasteiger partial charge < -0.3 is 15.5 Å². The molecular formula is C9H18N4OS. The number of rotatable bonds is 7. The summed E-state index contributed by atoms with van der Waals surface area (Å²) in [6, 6.07) is 0.843. The van der Waals surface area contributed by atoms with Crippen molar-refractivity contribution in [2.45, 2.75) is 25.8 Å². The van der Waals surface area contributed by atoms with E-state index in [2.05, 4.69) is 28.7 Å². The Bertz CT molecular complexity index is 279. The van der Waals surface area contributed by atoms with Crippen molar-refractivity contribution < 1.29 is 4.42 Å². The monoisotopic (exact) mass is 230 g/mol. The van der Waals surface area contributed by atoms with Gasteiger partial charge in [-0.15, -0.1) is 5.10 Å². The molecule has 0 aliphatic carbocycles. The van der Waals surface area contributed by atoms with E-state index in [1.807, 2.05) is 11.8 Å². The van der Waals surface area contributed by atoms with Crippen LogP contribution in [0.15, 0.2) is 4.42 Å². The van der Waals surface area contributed by atoms with Crippen LogP contribution in [0.1, 0.15) is 19.2 Å². The normalized spacial score (nSPS) is 12.7. The molecule has 1 atom stereocenters. The first-order valence-corrected chi connectivity index (χ1v) is 6.43. The minimum absolute atomic E-state index is 0.351. The van der Waals surface area contributed by atoms with Gasteiger partial charge in [0.15, 0.2) is 0 Å². The molecule has 0 aliphatic heterocycles. The van der Waals surface area contributed by atoms with E-state index >= 15 is 0 Å². The highest BCUT2D eigenvalue weighted by molar-refractivity contribution is 7.98. The van der Waals surface area contributed by atoms with Crippen molar-refractivity contribution in [2.75, 3.05) is 23.9 Å². The van der Waals surface area contributed by atoms with Crippen LogP contribution >= 0.6 is 11.8 Å². The molecule has 15 heavy (non-hydrogen) atoms. The van der Waals surface area contributed by atoms with E-state index in [-0.39, 0.29) is 0 Å². The molecule has 0 spiro atoms. The van der Waals surface area contributed by atoms with E-state index in [0.717, 1.165) is 12.2 Å². The summed E-state index contributed by atoms with van der Waals surface area (Å²) < 4.78 is 5.35. The second-order valence-corrected chi connectivity index (χ2v) is 4.35. The van der Waals surface area contributed by atoms with Crippen molar-refractivity contribution >= 4 is 17.8 Å². The first-order chi connectivity index (χ1) is 7.26. The average Bonchev–Trinajstić information content (AvgIpc) is 2.63. The van der Waals surface area contributed by atoms with Gasteiger partial charge in [0.2, 0.25) is 5.89 Å². The van der Waals surface area contributed by atoms with E-state index in [1.54, 1.807) is 0 Å². The number of thioether (sulfide) groups is 1. The van der Waals surface area contributed by atoms with Gasteiger partial charge in [0.05, 0.1) is 0 Å². The molecule has 6 heteroatoms. The molecule has 1 rings (SSSR count). The maximum absolute atomic E-state index is 5.39. The Hall–Kier alpha value is -0.750. The molecule has 1 unspecified atom stereocenters. The van der Waals surface area contributed by atoms with Crippen LogP contribution in [0.3, 0.4) is 0 Å². The number of hydrogen-bond donors (Lipinski definition) is 2. The summed E-state index contributed by atoms with van der Waals surface area (Å²) in [6.45, 7) is 2.63. The first kappa shape index (κ1) is 12.3. The molecule has 0 fully saturated rings. The molecule has 0 saturated heterocycles. The van der Waals surface area contributed by atoms with Gasteiger partial charge in [-0.05, 0) is 25.4 Å². The summed E-state index contributed by atoms with van der Waals surface area (Å²) in [7, 11) is 0. The van der Waals surface area contributed by atoms with Gasteiger partial charge in [0, 0.05) is 19.0 Å². The fraction of sp³-hybridized carbons (Fsp3) is 0.778.